The van der Waals surface area contributed by atoms with Crippen LogP contribution >= 0.6 is 0 Å². The van der Waals surface area contributed by atoms with Gasteiger partial charge in [-0.1, -0.05) is 18.6 Å². The molecule has 1 aliphatic rings. The van der Waals surface area contributed by atoms with Gasteiger partial charge in [-0.25, -0.2) is 13.1 Å². The third-order valence-electron chi connectivity index (χ3n) is 14.3. The number of sulfonamides is 1. The number of nitrogens with one attached hydrogen (secondary N) is 7. The van der Waals surface area contributed by atoms with Gasteiger partial charge in [-0.15, -0.1) is 0 Å². The number of guanidine groups is 1. The number of aliphatic imine (C=N–C) groups is 1. The van der Waals surface area contributed by atoms with Crippen molar-refractivity contribution in [3.05, 3.63) is 88.5 Å². The second-order valence-corrected chi connectivity index (χ2v) is 22.7. The molecule has 81 heavy (non-hydrogen) atoms. The van der Waals surface area contributed by atoms with Crippen LogP contribution in [0.4, 0.5) is 11.4 Å². The van der Waals surface area contributed by atoms with E-state index in [4.69, 9.17) is 27.0 Å². The molecule has 0 unspecified atom stereocenters. The molecule has 6 rings (SSSR count). The van der Waals surface area contributed by atoms with E-state index in [0.717, 1.165) is 56.9 Å². The van der Waals surface area contributed by atoms with E-state index in [1.165, 1.54) is 0 Å². The molecule has 2 heterocycles. The van der Waals surface area contributed by atoms with Crippen molar-refractivity contribution in [3.8, 4) is 17.0 Å². The molecular weight excluding hydrogens is 1080 g/mol. The number of carboxylic acids is 1. The van der Waals surface area contributed by atoms with Crippen LogP contribution < -0.4 is 75.5 Å². The van der Waals surface area contributed by atoms with Crippen molar-refractivity contribution >= 4 is 78.6 Å². The quantitative estimate of drug-likeness (QED) is 0.00801. The Kier molecular flexibility index (Phi) is 23.9. The molecule has 0 bridgehead atoms. The summed E-state index contributed by atoms with van der Waals surface area (Å²) >= 11 is 0. The molecule has 23 heteroatoms. The molecule has 4 amide bonds. The monoisotopic (exact) mass is 1160 g/mol. The van der Waals surface area contributed by atoms with E-state index in [1.807, 2.05) is 82.4 Å². The van der Waals surface area contributed by atoms with Gasteiger partial charge in [0.05, 0.1) is 22.2 Å². The molecule has 0 radical (unpaired) electrons. The first-order chi connectivity index (χ1) is 38.1. The third kappa shape index (κ3) is 18.1. The molecule has 1 aliphatic heterocycles. The first-order valence-corrected chi connectivity index (χ1v) is 29.0. The first-order valence-electron chi connectivity index (χ1n) is 27.5. The minimum atomic E-state index is -4.13. The summed E-state index contributed by atoms with van der Waals surface area (Å²) in [4.78, 5) is 67.8. The number of anilines is 2. The number of aromatic nitrogens is 1. The summed E-state index contributed by atoms with van der Waals surface area (Å²) in [6.45, 7) is 11.9. The van der Waals surface area contributed by atoms with Gasteiger partial charge in [0.2, 0.25) is 34.9 Å². The van der Waals surface area contributed by atoms with Gasteiger partial charge in [0.1, 0.15) is 24.4 Å². The van der Waals surface area contributed by atoms with E-state index in [-0.39, 0.29) is 86.0 Å². The Bertz CT molecular complexity index is 3230. The van der Waals surface area contributed by atoms with Crippen LogP contribution in [0.5, 0.6) is 5.75 Å². The van der Waals surface area contributed by atoms with E-state index in [0.29, 0.717) is 98.6 Å². The number of hydrogen-bond acceptors (Lipinski definition) is 13. The van der Waals surface area contributed by atoms with Gasteiger partial charge >= 0.3 is 5.97 Å². The summed E-state index contributed by atoms with van der Waals surface area (Å²) < 4.78 is 38.3. The number of halogens is 1. The molecule has 4 aromatic carbocycles. The topological polar surface area (TPSA) is 327 Å². The number of carbonyl (C=O) groups is 5. The van der Waals surface area contributed by atoms with Crippen LogP contribution in [-0.2, 0) is 42.7 Å². The fourth-order valence-electron chi connectivity index (χ4n) is 10.0. The molecule has 21 nitrogen and oxygen atoms in total. The Hall–Kier alpha value is -7.27. The van der Waals surface area contributed by atoms with Crippen LogP contribution in [0.15, 0.2) is 70.6 Å². The molecule has 0 fully saturated rings. The lowest BCUT2D eigenvalue weighted by molar-refractivity contribution is -0.632. The smallest absolute Gasteiger partial charge is 0.317 e. The number of ether oxygens (including phenoxy) is 1. The van der Waals surface area contributed by atoms with Crippen LogP contribution in [0.25, 0.3) is 32.9 Å². The zero-order chi connectivity index (χ0) is 58.1. The number of amides is 4. The number of nitrogens with two attached hydrogens (primary N) is 3. The molecule has 14 N–H and O–H groups in total. The molecular formula is C58H81ClN12O9S. The Balaban J connectivity index is 0.0000120. The van der Waals surface area contributed by atoms with Gasteiger partial charge in [-0.05, 0) is 170 Å². The highest BCUT2D eigenvalue weighted by Crippen LogP contribution is 2.42. The second-order valence-electron chi connectivity index (χ2n) is 21.1. The summed E-state index contributed by atoms with van der Waals surface area (Å²) in [7, 11) is -2.16. The Morgan fingerprint density at radius 1 is 0.753 bits per heavy atom. The molecule has 5 aromatic rings. The van der Waals surface area contributed by atoms with Crippen LogP contribution in [-0.4, -0.2) is 113 Å². The van der Waals surface area contributed by atoms with E-state index in [1.54, 1.807) is 19.9 Å². The molecule has 0 saturated heterocycles. The molecule has 1 atom stereocenters. The number of nitrogens with zero attached hydrogens (tertiary/aromatic N) is 2. The van der Waals surface area contributed by atoms with Crippen molar-refractivity contribution in [2.24, 2.45) is 17.8 Å². The zero-order valence-electron chi connectivity index (χ0n) is 47.4. The summed E-state index contributed by atoms with van der Waals surface area (Å²) in [5.41, 5.74) is 25.4. The minimum Gasteiger partial charge on any atom is -1.00 e. The summed E-state index contributed by atoms with van der Waals surface area (Å²) in [6.07, 6.45) is 5.19. The highest BCUT2D eigenvalue weighted by Gasteiger charge is 2.34. The van der Waals surface area contributed by atoms with Gasteiger partial charge in [0.25, 0.3) is 15.9 Å². The number of rotatable bonds is 29. The minimum absolute atomic E-state index is 0. The Morgan fingerprint density at radius 2 is 1.44 bits per heavy atom. The number of aryl methyl sites for hydroxylation is 1. The normalized spacial score (nSPS) is 13.3. The average Bonchev–Trinajstić information content (AvgIpc) is 3.41. The maximum absolute atomic E-state index is 13.8. The zero-order valence-corrected chi connectivity index (χ0v) is 49.0. The number of fused-ring (bicyclic) bond motifs is 4. The number of carboxylic acid groups (broad SMARTS) is 1. The summed E-state index contributed by atoms with van der Waals surface area (Å²) in [6, 6.07) is 18.1. The van der Waals surface area contributed by atoms with Crippen LogP contribution in [0.3, 0.4) is 0 Å². The van der Waals surface area contributed by atoms with Gasteiger partial charge in [-0.3, -0.25) is 29.0 Å². The van der Waals surface area contributed by atoms with Crippen molar-refractivity contribution in [3.63, 3.8) is 0 Å². The summed E-state index contributed by atoms with van der Waals surface area (Å²) in [5.74, 6) is -1.82. The highest BCUT2D eigenvalue weighted by atomic mass is 35.5. The molecule has 0 saturated carbocycles. The predicted molar refractivity (Wildman–Crippen MR) is 313 cm³/mol. The largest absolute Gasteiger partial charge is 1.00 e. The van der Waals surface area contributed by atoms with Gasteiger partial charge < -0.3 is 71.4 Å². The Morgan fingerprint density at radius 3 is 2.19 bits per heavy atom. The van der Waals surface area contributed by atoms with E-state index >= 15 is 0 Å². The first kappa shape index (κ1) is 64.5. The fraction of sp³-hybridized carbons (Fsp3) is 0.466. The molecule has 1 aromatic heterocycles. The molecule has 0 spiro atoms. The molecule has 0 aliphatic carbocycles. The lowest BCUT2D eigenvalue weighted by Crippen LogP contribution is -3.00. The number of aliphatic carboxylic acids is 1. The standard InChI is InChI=1S/C58H80N12O9S.ClH/c1-36-37(2)54(38(3)43-22-24-58(4,5)79-53(36)43)80(77,78)69-57(61)67-29-11-16-47(56(76)66-30-13-26-62-25-12-27-63-35-51(73)74)68-50(72)23-31-64-49(71)17-8-7-9-28-65-55(75)40-15-10-14-39(32-40)52-46-33-41(59)18-20-44(46)45-21-19-42(60)34-48(45)70(52)6;/h10,14-15,18-21,32-34,47,60,62-63H,7-9,11-13,16-17,22-31,35,59H2,1-6H3,(H8,61,64,65,66,67,68,69,71,72,73,74,75,76);1H/t47-;/m0./s1. The van der Waals surface area contributed by atoms with Crippen molar-refractivity contribution in [2.75, 3.05) is 63.8 Å². The lowest BCUT2D eigenvalue weighted by atomic mass is 9.88. The predicted octanol–water partition coefficient (Wildman–Crippen LogP) is 1.20. The average molecular weight is 1160 g/mol. The van der Waals surface area contributed by atoms with Crippen LogP contribution in [0, 0.1) is 20.8 Å². The van der Waals surface area contributed by atoms with Crippen LogP contribution in [0.1, 0.15) is 111 Å². The number of hydrogen-bond donors (Lipinski definition) is 11. The SMILES string of the molecule is Cc1c(C)c(S(=O)(=O)NC(N)=NCCC[C@H](NC(=O)CCNC(=O)CCCCCNC(=O)c2cccc(-c3c4cc(N)ccc4c4ccc(N)cc4[n+]3C)c2)C(=O)NCCCNCCCNCC(=O)O)c(C)c2c1OC(C)(C)CC2.[Cl-]. The number of carbonyl (C=O) groups excluding carboxylic acids is 4. The van der Waals surface area contributed by atoms with Gasteiger partial charge in [0, 0.05) is 73.0 Å². The maximum Gasteiger partial charge on any atom is 0.317 e. The number of unbranched alkanes of at least 4 members (excludes halogenated alkanes) is 2. The van der Waals surface area contributed by atoms with Crippen molar-refractivity contribution in [1.82, 2.24) is 36.6 Å². The van der Waals surface area contributed by atoms with E-state index in [9.17, 15) is 32.4 Å². The Labute approximate surface area is 481 Å². The third-order valence-corrected chi connectivity index (χ3v) is 15.9. The maximum atomic E-state index is 13.8. The number of benzene rings is 4. The van der Waals surface area contributed by atoms with E-state index < -0.39 is 33.8 Å². The lowest BCUT2D eigenvalue weighted by Gasteiger charge is -2.35. The summed E-state index contributed by atoms with van der Waals surface area (Å²) in [5, 5.41) is 29.3. The number of nitrogen functional groups attached to an aromatic ring is 2. The van der Waals surface area contributed by atoms with E-state index in [2.05, 4.69) is 46.2 Å². The second kappa shape index (κ2) is 30.0. The fourth-order valence-corrected chi connectivity index (χ4v) is 11.5. The van der Waals surface area contributed by atoms with Crippen LogP contribution in [0.2, 0.25) is 0 Å². The van der Waals surface area contributed by atoms with Gasteiger partial charge in [-0.2, -0.15) is 4.57 Å². The molecule has 440 valence electrons. The highest BCUT2D eigenvalue weighted by molar-refractivity contribution is 7.90. The van der Waals surface area contributed by atoms with Crippen molar-refractivity contribution in [1.29, 1.82) is 0 Å². The number of pyridine rings is 1. The van der Waals surface area contributed by atoms with Gasteiger partial charge in [0.15, 0.2) is 0 Å². The van der Waals surface area contributed by atoms with Crippen molar-refractivity contribution in [2.45, 2.75) is 122 Å². The van der Waals surface area contributed by atoms with Crippen molar-refractivity contribution < 1.29 is 59.2 Å².